The van der Waals surface area contributed by atoms with Crippen LogP contribution in [-0.2, 0) is 9.59 Å². The normalized spacial score (nSPS) is 16.2. The summed E-state index contributed by atoms with van der Waals surface area (Å²) in [6, 6.07) is 4.83. The number of urea groups is 1. The SMILES string of the molecule is O=C(O)CN1C(=O)N/C(=C/c2ccc(C(=O)O)cc2)C1=O. The van der Waals surface area contributed by atoms with Gasteiger partial charge in [0.25, 0.3) is 5.91 Å². The van der Waals surface area contributed by atoms with E-state index in [9.17, 15) is 19.2 Å². The molecular formula is C13H10N2O6. The van der Waals surface area contributed by atoms with Crippen LogP contribution in [0.1, 0.15) is 15.9 Å². The molecule has 1 aromatic carbocycles. The fourth-order valence-corrected chi connectivity index (χ4v) is 1.74. The van der Waals surface area contributed by atoms with Crippen LogP contribution in [0.15, 0.2) is 30.0 Å². The van der Waals surface area contributed by atoms with Crippen molar-refractivity contribution >= 4 is 30.0 Å². The van der Waals surface area contributed by atoms with Gasteiger partial charge in [0.2, 0.25) is 0 Å². The molecule has 1 heterocycles. The van der Waals surface area contributed by atoms with E-state index in [-0.39, 0.29) is 11.3 Å². The summed E-state index contributed by atoms with van der Waals surface area (Å²) in [5, 5.41) is 19.6. The van der Waals surface area contributed by atoms with Crippen molar-refractivity contribution in [1.82, 2.24) is 10.2 Å². The number of nitrogens with one attached hydrogen (secondary N) is 1. The van der Waals surface area contributed by atoms with Crippen LogP contribution in [0.4, 0.5) is 4.79 Å². The van der Waals surface area contributed by atoms with Crippen LogP contribution in [0.25, 0.3) is 6.08 Å². The largest absolute Gasteiger partial charge is 0.480 e. The minimum Gasteiger partial charge on any atom is -0.480 e. The third-order valence-corrected chi connectivity index (χ3v) is 2.72. The summed E-state index contributed by atoms with van der Waals surface area (Å²) in [6.07, 6.45) is 1.34. The van der Waals surface area contributed by atoms with Gasteiger partial charge in [-0.3, -0.25) is 9.59 Å². The van der Waals surface area contributed by atoms with Gasteiger partial charge in [-0.05, 0) is 23.8 Å². The van der Waals surface area contributed by atoms with Crippen LogP contribution in [-0.4, -0.2) is 45.5 Å². The number of imide groups is 1. The second kappa shape index (κ2) is 5.45. The molecule has 108 valence electrons. The van der Waals surface area contributed by atoms with Gasteiger partial charge >= 0.3 is 18.0 Å². The van der Waals surface area contributed by atoms with Crippen LogP contribution >= 0.6 is 0 Å². The van der Waals surface area contributed by atoms with Crippen molar-refractivity contribution in [1.29, 1.82) is 0 Å². The zero-order chi connectivity index (χ0) is 15.6. The summed E-state index contributed by atoms with van der Waals surface area (Å²) in [5.74, 6) is -3.12. The molecule has 0 bridgehead atoms. The molecule has 0 aliphatic carbocycles. The highest BCUT2D eigenvalue weighted by Crippen LogP contribution is 2.14. The molecule has 0 unspecified atom stereocenters. The van der Waals surface area contributed by atoms with Crippen molar-refractivity contribution in [3.63, 3.8) is 0 Å². The molecule has 1 fully saturated rings. The first-order chi connectivity index (χ1) is 9.88. The third-order valence-electron chi connectivity index (χ3n) is 2.72. The van der Waals surface area contributed by atoms with Gasteiger partial charge in [-0.1, -0.05) is 12.1 Å². The average Bonchev–Trinajstić information content (AvgIpc) is 2.67. The number of carboxylic acids is 2. The minimum absolute atomic E-state index is 0.0654. The second-order valence-corrected chi connectivity index (χ2v) is 4.20. The van der Waals surface area contributed by atoms with Gasteiger partial charge in [0.1, 0.15) is 12.2 Å². The Morgan fingerprint density at radius 1 is 1.14 bits per heavy atom. The van der Waals surface area contributed by atoms with Gasteiger partial charge < -0.3 is 15.5 Å². The van der Waals surface area contributed by atoms with Crippen LogP contribution in [0.5, 0.6) is 0 Å². The number of rotatable bonds is 4. The first-order valence-corrected chi connectivity index (χ1v) is 5.78. The number of carbonyl (C=O) groups excluding carboxylic acids is 2. The average molecular weight is 290 g/mol. The number of hydrogen-bond acceptors (Lipinski definition) is 4. The fourth-order valence-electron chi connectivity index (χ4n) is 1.74. The quantitative estimate of drug-likeness (QED) is 0.543. The van der Waals surface area contributed by atoms with E-state index >= 15 is 0 Å². The van der Waals surface area contributed by atoms with Gasteiger partial charge in [0.15, 0.2) is 0 Å². The van der Waals surface area contributed by atoms with Gasteiger partial charge in [-0.25, -0.2) is 14.5 Å². The molecule has 1 saturated heterocycles. The topological polar surface area (TPSA) is 124 Å². The number of carboxylic acid groups (broad SMARTS) is 2. The van der Waals surface area contributed by atoms with E-state index in [4.69, 9.17) is 10.2 Å². The molecule has 2 rings (SSSR count). The number of hydrogen-bond donors (Lipinski definition) is 3. The van der Waals surface area contributed by atoms with Crippen molar-refractivity contribution in [2.45, 2.75) is 0 Å². The number of benzene rings is 1. The molecule has 0 radical (unpaired) electrons. The second-order valence-electron chi connectivity index (χ2n) is 4.20. The van der Waals surface area contributed by atoms with E-state index in [1.54, 1.807) is 0 Å². The molecule has 3 N–H and O–H groups in total. The summed E-state index contributed by atoms with van der Waals surface area (Å²) in [7, 11) is 0. The highest BCUT2D eigenvalue weighted by Gasteiger charge is 2.34. The van der Waals surface area contributed by atoms with Crippen molar-refractivity contribution < 1.29 is 29.4 Å². The fraction of sp³-hybridized carbons (Fsp3) is 0.0769. The molecule has 1 aliphatic heterocycles. The third kappa shape index (κ3) is 3.06. The Morgan fingerprint density at radius 2 is 1.76 bits per heavy atom. The molecule has 1 aliphatic rings. The highest BCUT2D eigenvalue weighted by molar-refractivity contribution is 6.15. The summed E-state index contributed by atoms with van der Waals surface area (Å²) < 4.78 is 0. The zero-order valence-corrected chi connectivity index (χ0v) is 10.6. The maximum atomic E-state index is 11.8. The van der Waals surface area contributed by atoms with Crippen LogP contribution < -0.4 is 5.32 Å². The van der Waals surface area contributed by atoms with E-state index in [1.807, 2.05) is 0 Å². The molecule has 1 aromatic rings. The highest BCUT2D eigenvalue weighted by atomic mass is 16.4. The van der Waals surface area contributed by atoms with Crippen LogP contribution in [0, 0.1) is 0 Å². The molecule has 8 nitrogen and oxygen atoms in total. The van der Waals surface area contributed by atoms with E-state index in [1.165, 1.54) is 30.3 Å². The van der Waals surface area contributed by atoms with Crippen LogP contribution in [0.3, 0.4) is 0 Å². The zero-order valence-electron chi connectivity index (χ0n) is 10.6. The Morgan fingerprint density at radius 3 is 2.29 bits per heavy atom. The maximum Gasteiger partial charge on any atom is 0.335 e. The number of aliphatic carboxylic acids is 1. The number of carbonyl (C=O) groups is 4. The van der Waals surface area contributed by atoms with Crippen LogP contribution in [0.2, 0.25) is 0 Å². The molecule has 3 amide bonds. The lowest BCUT2D eigenvalue weighted by atomic mass is 10.1. The molecule has 8 heteroatoms. The summed E-state index contributed by atoms with van der Waals surface area (Å²) in [6.45, 7) is -0.722. The molecule has 0 saturated carbocycles. The predicted octanol–water partition coefficient (Wildman–Crippen LogP) is 0.362. The number of nitrogens with zero attached hydrogens (tertiary/aromatic N) is 1. The van der Waals surface area contributed by atoms with E-state index < -0.39 is 30.4 Å². The summed E-state index contributed by atoms with van der Waals surface area (Å²) >= 11 is 0. The smallest absolute Gasteiger partial charge is 0.335 e. The van der Waals surface area contributed by atoms with Crippen molar-refractivity contribution in [3.05, 3.63) is 41.1 Å². The maximum absolute atomic E-state index is 11.8. The Bertz CT molecular complexity index is 662. The summed E-state index contributed by atoms with van der Waals surface area (Å²) in [4.78, 5) is 45.2. The summed E-state index contributed by atoms with van der Waals surface area (Å²) in [5.41, 5.74) is 0.525. The number of amides is 3. The van der Waals surface area contributed by atoms with E-state index in [0.717, 1.165) is 0 Å². The Hall–Kier alpha value is -3.16. The first-order valence-electron chi connectivity index (χ1n) is 5.78. The van der Waals surface area contributed by atoms with Gasteiger partial charge in [0, 0.05) is 0 Å². The molecule has 0 spiro atoms. The standard InChI is InChI=1S/C13H10N2O6/c16-10(17)6-15-11(18)9(14-13(15)21)5-7-1-3-8(4-2-7)12(19)20/h1-5H,6H2,(H,14,21)(H,16,17)(H,19,20)/b9-5+. The lowest BCUT2D eigenvalue weighted by Gasteiger charge is -2.06. The van der Waals surface area contributed by atoms with Crippen molar-refractivity contribution in [3.8, 4) is 0 Å². The molecule has 0 aromatic heterocycles. The predicted molar refractivity (Wildman–Crippen MR) is 69.3 cm³/mol. The molecular weight excluding hydrogens is 280 g/mol. The van der Waals surface area contributed by atoms with E-state index in [2.05, 4.69) is 5.32 Å². The van der Waals surface area contributed by atoms with Crippen molar-refractivity contribution in [2.75, 3.05) is 6.54 Å². The Balaban J connectivity index is 2.22. The first kappa shape index (κ1) is 14.3. The molecule has 21 heavy (non-hydrogen) atoms. The Kier molecular flexibility index (Phi) is 3.70. The monoisotopic (exact) mass is 290 g/mol. The van der Waals surface area contributed by atoms with E-state index in [0.29, 0.717) is 10.5 Å². The lowest BCUT2D eigenvalue weighted by Crippen LogP contribution is -2.35. The minimum atomic E-state index is -1.30. The Labute approximate surface area is 118 Å². The van der Waals surface area contributed by atoms with Gasteiger partial charge in [-0.15, -0.1) is 0 Å². The number of aromatic carboxylic acids is 1. The van der Waals surface area contributed by atoms with Gasteiger partial charge in [0.05, 0.1) is 5.56 Å². The lowest BCUT2D eigenvalue weighted by molar-refractivity contribution is -0.140. The molecule has 0 atom stereocenters. The van der Waals surface area contributed by atoms with Crippen molar-refractivity contribution in [2.24, 2.45) is 0 Å². The van der Waals surface area contributed by atoms with Gasteiger partial charge in [-0.2, -0.15) is 0 Å².